The van der Waals surface area contributed by atoms with E-state index in [0.29, 0.717) is 17.4 Å². The van der Waals surface area contributed by atoms with Crippen LogP contribution in [0.25, 0.3) is 5.69 Å². The minimum absolute atomic E-state index is 0.0701. The van der Waals surface area contributed by atoms with Crippen LogP contribution < -0.4 is 10.3 Å². The Morgan fingerprint density at radius 2 is 1.74 bits per heavy atom. The highest BCUT2D eigenvalue weighted by atomic mass is 19.1. The number of pyridine rings is 3. The summed E-state index contributed by atoms with van der Waals surface area (Å²) in [4.78, 5) is 32.0. The van der Waals surface area contributed by atoms with Crippen LogP contribution in [-0.4, -0.2) is 20.3 Å². The third-order valence-electron chi connectivity index (χ3n) is 4.13. The van der Waals surface area contributed by atoms with Gasteiger partial charge >= 0.3 is 0 Å². The highest BCUT2D eigenvalue weighted by Crippen LogP contribution is 2.19. The zero-order valence-electron chi connectivity index (χ0n) is 18.2. The number of ketones is 1. The quantitative estimate of drug-likeness (QED) is 0.549. The van der Waals surface area contributed by atoms with Crippen LogP contribution in [0.2, 0.25) is 0 Å². The maximum absolute atomic E-state index is 13.7. The van der Waals surface area contributed by atoms with E-state index in [2.05, 4.69) is 23.8 Å². The van der Waals surface area contributed by atoms with Gasteiger partial charge in [-0.25, -0.2) is 8.78 Å². The Balaban J connectivity index is 0.00000107. The normalized spacial score (nSPS) is 10.3. The number of aryl methyl sites for hydroxylation is 2. The maximum atomic E-state index is 13.7. The van der Waals surface area contributed by atoms with E-state index in [1.54, 1.807) is 26.0 Å². The smallest absolute Gasteiger partial charge is 0.259 e. The predicted molar refractivity (Wildman–Crippen MR) is 114 cm³/mol. The summed E-state index contributed by atoms with van der Waals surface area (Å²) in [5, 5.41) is 0. The van der Waals surface area contributed by atoms with Gasteiger partial charge in [-0.3, -0.25) is 24.1 Å². The summed E-state index contributed by atoms with van der Waals surface area (Å²) < 4.78 is 33.5. The van der Waals surface area contributed by atoms with Gasteiger partial charge in [-0.2, -0.15) is 0 Å². The SMILES string of the molecule is CC(=O)c1cc(-n2c(C)cc(OCc3ncc(F)cc3F)cc2=O)c(C)cn1.CCC. The first-order valence-electron chi connectivity index (χ1n) is 9.82. The van der Waals surface area contributed by atoms with Crippen molar-refractivity contribution in [3.63, 3.8) is 0 Å². The van der Waals surface area contributed by atoms with Crippen molar-refractivity contribution in [2.45, 2.75) is 47.6 Å². The molecule has 0 saturated carbocycles. The second kappa shape index (κ2) is 10.6. The van der Waals surface area contributed by atoms with Crippen molar-refractivity contribution in [1.82, 2.24) is 14.5 Å². The molecule has 3 heterocycles. The van der Waals surface area contributed by atoms with Crippen molar-refractivity contribution in [2.24, 2.45) is 0 Å². The van der Waals surface area contributed by atoms with Crippen molar-refractivity contribution >= 4 is 5.78 Å². The summed E-state index contributed by atoms with van der Waals surface area (Å²) in [6.07, 6.45) is 3.68. The molecule has 0 saturated heterocycles. The number of nitrogens with zero attached hydrogens (tertiary/aromatic N) is 3. The van der Waals surface area contributed by atoms with Gasteiger partial charge in [-0.15, -0.1) is 0 Å². The average molecular weight is 429 g/mol. The number of aromatic nitrogens is 3. The van der Waals surface area contributed by atoms with Crippen molar-refractivity contribution in [3.05, 3.63) is 81.3 Å². The van der Waals surface area contributed by atoms with Gasteiger partial charge in [0, 0.05) is 37.0 Å². The molecule has 0 aliphatic rings. The molecule has 0 aliphatic heterocycles. The average Bonchev–Trinajstić information content (AvgIpc) is 2.68. The van der Waals surface area contributed by atoms with Crippen LogP contribution in [0.4, 0.5) is 8.78 Å². The van der Waals surface area contributed by atoms with E-state index in [1.165, 1.54) is 30.2 Å². The molecule has 0 aromatic carbocycles. The van der Waals surface area contributed by atoms with Crippen LogP contribution in [0.5, 0.6) is 5.75 Å². The number of rotatable bonds is 5. The third kappa shape index (κ3) is 6.04. The van der Waals surface area contributed by atoms with Gasteiger partial charge in [0.05, 0.1) is 11.9 Å². The fourth-order valence-electron chi connectivity index (χ4n) is 2.71. The van der Waals surface area contributed by atoms with Gasteiger partial charge in [-0.1, -0.05) is 20.3 Å². The molecule has 0 aliphatic carbocycles. The topological polar surface area (TPSA) is 74.1 Å². The highest BCUT2D eigenvalue weighted by molar-refractivity contribution is 5.92. The van der Waals surface area contributed by atoms with Crippen molar-refractivity contribution in [1.29, 1.82) is 0 Å². The van der Waals surface area contributed by atoms with E-state index in [-0.39, 0.29) is 35.1 Å². The van der Waals surface area contributed by atoms with Crippen molar-refractivity contribution < 1.29 is 18.3 Å². The highest BCUT2D eigenvalue weighted by Gasteiger charge is 2.13. The molecule has 0 bridgehead atoms. The van der Waals surface area contributed by atoms with E-state index >= 15 is 0 Å². The molecule has 6 nitrogen and oxygen atoms in total. The van der Waals surface area contributed by atoms with Crippen LogP contribution >= 0.6 is 0 Å². The van der Waals surface area contributed by atoms with Gasteiger partial charge < -0.3 is 4.74 Å². The molecule has 3 aromatic rings. The van der Waals surface area contributed by atoms with Gasteiger partial charge in [0.1, 0.15) is 29.6 Å². The Kier molecular flexibility index (Phi) is 8.13. The summed E-state index contributed by atoms with van der Waals surface area (Å²) in [5.74, 6) is -1.59. The van der Waals surface area contributed by atoms with Crippen molar-refractivity contribution in [3.8, 4) is 11.4 Å². The second-order valence-electron chi connectivity index (χ2n) is 7.00. The molecule has 0 radical (unpaired) electrons. The lowest BCUT2D eigenvalue weighted by Crippen LogP contribution is -2.21. The Hall–Kier alpha value is -3.42. The zero-order valence-corrected chi connectivity index (χ0v) is 18.2. The lowest BCUT2D eigenvalue weighted by Gasteiger charge is -2.15. The summed E-state index contributed by atoms with van der Waals surface area (Å²) >= 11 is 0. The van der Waals surface area contributed by atoms with E-state index in [1.807, 2.05) is 0 Å². The minimum atomic E-state index is -0.825. The van der Waals surface area contributed by atoms with E-state index in [0.717, 1.165) is 11.8 Å². The van der Waals surface area contributed by atoms with E-state index < -0.39 is 11.6 Å². The zero-order chi connectivity index (χ0) is 23.1. The summed E-state index contributed by atoms with van der Waals surface area (Å²) in [5.41, 5.74) is 1.62. The maximum Gasteiger partial charge on any atom is 0.259 e. The molecule has 3 rings (SSSR count). The fourth-order valence-corrected chi connectivity index (χ4v) is 2.71. The number of carbonyl (C=O) groups is 1. The molecule has 31 heavy (non-hydrogen) atoms. The number of hydrogen-bond acceptors (Lipinski definition) is 5. The molecule has 3 aromatic heterocycles. The number of ether oxygens (including phenoxy) is 1. The molecule has 0 fully saturated rings. The first-order chi connectivity index (χ1) is 14.7. The molecular formula is C23H25F2N3O3. The molecule has 0 unspecified atom stereocenters. The lowest BCUT2D eigenvalue weighted by molar-refractivity contribution is 0.101. The first kappa shape index (κ1) is 23.9. The van der Waals surface area contributed by atoms with Gasteiger partial charge in [-0.05, 0) is 25.5 Å². The van der Waals surface area contributed by atoms with Gasteiger partial charge in [0.15, 0.2) is 11.6 Å². The van der Waals surface area contributed by atoms with Gasteiger partial charge in [0.2, 0.25) is 0 Å². The monoisotopic (exact) mass is 429 g/mol. The number of hydrogen-bond donors (Lipinski definition) is 0. The number of carbonyl (C=O) groups excluding carboxylic acids is 1. The lowest BCUT2D eigenvalue weighted by atomic mass is 10.1. The number of halogens is 2. The van der Waals surface area contributed by atoms with Crippen molar-refractivity contribution in [2.75, 3.05) is 0 Å². The molecule has 0 N–H and O–H groups in total. The van der Waals surface area contributed by atoms with Crippen LogP contribution in [0.1, 0.15) is 54.6 Å². The summed E-state index contributed by atoms with van der Waals surface area (Å²) in [6, 6.07) is 5.13. The molecule has 0 atom stereocenters. The molecule has 8 heteroatoms. The van der Waals surface area contributed by atoms with Crippen LogP contribution in [0.15, 0.2) is 41.5 Å². The second-order valence-corrected chi connectivity index (χ2v) is 7.00. The fraction of sp³-hybridized carbons (Fsp3) is 0.304. The third-order valence-corrected chi connectivity index (χ3v) is 4.13. The summed E-state index contributed by atoms with van der Waals surface area (Å²) in [7, 11) is 0. The first-order valence-corrected chi connectivity index (χ1v) is 9.82. The molecule has 0 spiro atoms. The largest absolute Gasteiger partial charge is 0.487 e. The van der Waals surface area contributed by atoms with Crippen LogP contribution in [-0.2, 0) is 6.61 Å². The van der Waals surface area contributed by atoms with E-state index in [9.17, 15) is 18.4 Å². The molecule has 0 amide bonds. The predicted octanol–water partition coefficient (Wildman–Crippen LogP) is 4.72. The van der Waals surface area contributed by atoms with Crippen LogP contribution in [0.3, 0.4) is 0 Å². The Morgan fingerprint density at radius 1 is 1.06 bits per heavy atom. The molecule has 164 valence electrons. The number of Topliss-reactive ketones (excluding diaryl/α,β-unsaturated/α-hetero) is 1. The van der Waals surface area contributed by atoms with E-state index in [4.69, 9.17) is 4.74 Å². The van der Waals surface area contributed by atoms with Crippen LogP contribution in [0, 0.1) is 25.5 Å². The van der Waals surface area contributed by atoms with Gasteiger partial charge in [0.25, 0.3) is 5.56 Å². The standard InChI is InChI=1S/C20H17F2N3O3.C3H8/c1-11-8-23-17(13(3)26)7-19(11)25-12(2)4-15(6-20(25)27)28-10-18-16(22)5-14(21)9-24-18;1-3-2/h4-9H,10H2,1-3H3;3H2,1-2H3. The minimum Gasteiger partial charge on any atom is -0.487 e. The summed E-state index contributed by atoms with van der Waals surface area (Å²) in [6.45, 7) is 8.89. The molecular weight excluding hydrogens is 404 g/mol. The Labute approximate surface area is 179 Å². The Morgan fingerprint density at radius 3 is 2.32 bits per heavy atom. The Bertz CT molecular complexity index is 1140.